The van der Waals surface area contributed by atoms with Crippen LogP contribution >= 0.6 is 0 Å². The molecule has 2 atom stereocenters. The van der Waals surface area contributed by atoms with E-state index in [9.17, 15) is 14.7 Å². The van der Waals surface area contributed by atoms with E-state index in [1.165, 1.54) is 0 Å². The molecule has 3 rings (SSSR count). The summed E-state index contributed by atoms with van der Waals surface area (Å²) < 4.78 is 6.14. The number of aromatic amines is 1. The number of benzene rings is 1. The standard InChI is InChI=1S/C24H34N4O5/c1-24(2,3)15-32-28-21(29)19(22(30)31)14-16-6-9-20-17(13-16)7-8-18(33-20)5-4-10-25-23-26-11-12-27-23/h6,9,11-13,18-19H,4-5,7-8,10,14-15H2,1-3H3,(H,28,29)(H,30,31)(H2,25,26,27)/t18-,19+/m1/s1. The Bertz CT molecular complexity index is 923. The van der Waals surface area contributed by atoms with Crippen LogP contribution in [-0.2, 0) is 27.3 Å². The maximum Gasteiger partial charge on any atom is 0.316 e. The molecule has 4 N–H and O–H groups in total. The minimum absolute atomic E-state index is 0.0925. The molecule has 0 bridgehead atoms. The van der Waals surface area contributed by atoms with E-state index < -0.39 is 17.8 Å². The number of nitrogens with zero attached hydrogens (tertiary/aromatic N) is 1. The van der Waals surface area contributed by atoms with Gasteiger partial charge in [0.2, 0.25) is 0 Å². The van der Waals surface area contributed by atoms with E-state index in [1.807, 2.05) is 39.0 Å². The van der Waals surface area contributed by atoms with E-state index >= 15 is 0 Å². The van der Waals surface area contributed by atoms with Gasteiger partial charge in [0.05, 0.1) is 12.7 Å². The first-order chi connectivity index (χ1) is 15.7. The summed E-state index contributed by atoms with van der Waals surface area (Å²) in [5.74, 6) is -1.44. The normalized spacial score (nSPS) is 16.4. The van der Waals surface area contributed by atoms with Crippen molar-refractivity contribution in [2.45, 2.75) is 59.0 Å². The monoisotopic (exact) mass is 458 g/mol. The number of amides is 1. The summed E-state index contributed by atoms with van der Waals surface area (Å²) >= 11 is 0. The number of hydroxylamine groups is 1. The number of imidazole rings is 1. The van der Waals surface area contributed by atoms with Gasteiger partial charge in [-0.2, -0.15) is 0 Å². The van der Waals surface area contributed by atoms with Gasteiger partial charge in [0.25, 0.3) is 5.91 Å². The van der Waals surface area contributed by atoms with Gasteiger partial charge in [-0.1, -0.05) is 32.9 Å². The molecule has 0 saturated carbocycles. The van der Waals surface area contributed by atoms with E-state index in [2.05, 4.69) is 20.8 Å². The third-order valence-corrected chi connectivity index (χ3v) is 5.38. The molecule has 0 saturated heterocycles. The zero-order chi connectivity index (χ0) is 23.8. The zero-order valence-electron chi connectivity index (χ0n) is 19.5. The molecule has 0 fully saturated rings. The Kier molecular flexibility index (Phi) is 8.32. The van der Waals surface area contributed by atoms with Crippen molar-refractivity contribution >= 4 is 17.8 Å². The summed E-state index contributed by atoms with van der Waals surface area (Å²) in [6.45, 7) is 7.00. The number of hydrogen-bond donors (Lipinski definition) is 4. The quantitative estimate of drug-likeness (QED) is 0.231. The number of carbonyl (C=O) groups is 2. The third kappa shape index (κ3) is 7.78. The number of fused-ring (bicyclic) bond motifs is 1. The Hall–Kier alpha value is -3.07. The highest BCUT2D eigenvalue weighted by Crippen LogP contribution is 2.30. The van der Waals surface area contributed by atoms with Gasteiger partial charge in [-0.3, -0.25) is 14.4 Å². The summed E-state index contributed by atoms with van der Waals surface area (Å²) in [6, 6.07) is 5.66. The van der Waals surface area contributed by atoms with Crippen molar-refractivity contribution in [1.29, 1.82) is 0 Å². The average Bonchev–Trinajstić information content (AvgIpc) is 3.27. The lowest BCUT2D eigenvalue weighted by Gasteiger charge is -2.27. The molecule has 1 aliphatic rings. The van der Waals surface area contributed by atoms with Crippen LogP contribution < -0.4 is 15.5 Å². The molecular weight excluding hydrogens is 424 g/mol. The zero-order valence-corrected chi connectivity index (χ0v) is 19.5. The second kappa shape index (κ2) is 11.2. The highest BCUT2D eigenvalue weighted by atomic mass is 16.7. The summed E-state index contributed by atoms with van der Waals surface area (Å²) in [4.78, 5) is 36.4. The maximum absolute atomic E-state index is 12.4. The van der Waals surface area contributed by atoms with Gasteiger partial charge in [-0.15, -0.1) is 0 Å². The fourth-order valence-corrected chi connectivity index (χ4v) is 3.65. The first-order valence-electron chi connectivity index (χ1n) is 11.4. The minimum Gasteiger partial charge on any atom is -0.490 e. The van der Waals surface area contributed by atoms with Crippen molar-refractivity contribution in [3.05, 3.63) is 41.7 Å². The molecule has 1 aromatic carbocycles. The molecule has 180 valence electrons. The van der Waals surface area contributed by atoms with E-state index in [0.717, 1.165) is 55.1 Å². The van der Waals surface area contributed by atoms with Crippen LogP contribution in [0.4, 0.5) is 5.95 Å². The first-order valence-corrected chi connectivity index (χ1v) is 11.4. The van der Waals surface area contributed by atoms with E-state index in [1.54, 1.807) is 12.4 Å². The fourth-order valence-electron chi connectivity index (χ4n) is 3.65. The fraction of sp³-hybridized carbons (Fsp3) is 0.542. The molecule has 33 heavy (non-hydrogen) atoms. The number of ether oxygens (including phenoxy) is 1. The van der Waals surface area contributed by atoms with Gasteiger partial charge in [-0.05, 0) is 54.7 Å². The van der Waals surface area contributed by atoms with Crippen molar-refractivity contribution in [3.63, 3.8) is 0 Å². The molecule has 0 radical (unpaired) electrons. The lowest BCUT2D eigenvalue weighted by atomic mass is 9.93. The Morgan fingerprint density at radius 3 is 2.88 bits per heavy atom. The van der Waals surface area contributed by atoms with Gasteiger partial charge in [0.1, 0.15) is 11.7 Å². The molecule has 1 amide bonds. The molecule has 9 heteroatoms. The molecular formula is C24H34N4O5. The first kappa shape index (κ1) is 24.6. The molecule has 0 unspecified atom stereocenters. The smallest absolute Gasteiger partial charge is 0.316 e. The van der Waals surface area contributed by atoms with Crippen LogP contribution in [-0.4, -0.2) is 46.2 Å². The maximum atomic E-state index is 12.4. The number of aliphatic carboxylic acids is 1. The van der Waals surface area contributed by atoms with E-state index in [-0.39, 0.29) is 17.9 Å². The SMILES string of the molecule is CC(C)(C)CONC(=O)[C@H](Cc1ccc2c(c1)CC[C@@H](CCCNc1ncc[nH]1)O2)C(=O)O. The van der Waals surface area contributed by atoms with Crippen molar-refractivity contribution in [2.75, 3.05) is 18.5 Å². The van der Waals surface area contributed by atoms with Crippen molar-refractivity contribution < 1.29 is 24.3 Å². The number of hydrogen-bond acceptors (Lipinski definition) is 6. The van der Waals surface area contributed by atoms with Crippen LogP contribution in [0.3, 0.4) is 0 Å². The summed E-state index contributed by atoms with van der Waals surface area (Å²) in [5.41, 5.74) is 3.98. The van der Waals surface area contributed by atoms with Gasteiger partial charge in [0, 0.05) is 18.9 Å². The number of rotatable bonds is 11. The molecule has 1 aliphatic heterocycles. The predicted octanol–water partition coefficient (Wildman–Crippen LogP) is 3.33. The molecule has 0 spiro atoms. The highest BCUT2D eigenvalue weighted by molar-refractivity contribution is 5.96. The van der Waals surface area contributed by atoms with Crippen molar-refractivity contribution in [1.82, 2.24) is 15.4 Å². The van der Waals surface area contributed by atoms with Crippen LogP contribution in [0.2, 0.25) is 0 Å². The molecule has 0 aliphatic carbocycles. The van der Waals surface area contributed by atoms with E-state index in [4.69, 9.17) is 9.57 Å². The second-order valence-corrected chi connectivity index (χ2v) is 9.64. The van der Waals surface area contributed by atoms with Crippen LogP contribution in [0.1, 0.15) is 51.2 Å². The van der Waals surface area contributed by atoms with Crippen LogP contribution in [0.15, 0.2) is 30.6 Å². The molecule has 2 aromatic rings. The summed E-state index contributed by atoms with van der Waals surface area (Å²) in [6.07, 6.45) is 7.40. The lowest BCUT2D eigenvalue weighted by Crippen LogP contribution is -2.38. The van der Waals surface area contributed by atoms with Crippen LogP contribution in [0.25, 0.3) is 0 Å². The molecule has 2 heterocycles. The van der Waals surface area contributed by atoms with Gasteiger partial charge in [0.15, 0.2) is 5.95 Å². The average molecular weight is 459 g/mol. The number of carbonyl (C=O) groups excluding carboxylic acids is 1. The largest absolute Gasteiger partial charge is 0.490 e. The van der Waals surface area contributed by atoms with Crippen LogP contribution in [0, 0.1) is 11.3 Å². The Morgan fingerprint density at radius 1 is 1.36 bits per heavy atom. The Labute approximate surface area is 194 Å². The second-order valence-electron chi connectivity index (χ2n) is 9.64. The van der Waals surface area contributed by atoms with Crippen LogP contribution in [0.5, 0.6) is 5.75 Å². The van der Waals surface area contributed by atoms with Gasteiger partial charge >= 0.3 is 5.97 Å². The summed E-state index contributed by atoms with van der Waals surface area (Å²) in [5, 5.41) is 12.8. The van der Waals surface area contributed by atoms with Crippen molar-refractivity contribution in [3.8, 4) is 5.75 Å². The Morgan fingerprint density at radius 2 is 2.18 bits per heavy atom. The number of H-pyrrole nitrogens is 1. The summed E-state index contributed by atoms with van der Waals surface area (Å²) in [7, 11) is 0. The highest BCUT2D eigenvalue weighted by Gasteiger charge is 2.28. The van der Waals surface area contributed by atoms with Gasteiger partial charge < -0.3 is 20.1 Å². The number of aryl methyl sites for hydroxylation is 1. The number of nitrogens with one attached hydrogen (secondary N) is 3. The van der Waals surface area contributed by atoms with Gasteiger partial charge in [-0.25, -0.2) is 10.5 Å². The number of aromatic nitrogens is 2. The molecule has 9 nitrogen and oxygen atoms in total. The third-order valence-electron chi connectivity index (χ3n) is 5.38. The molecule has 1 aromatic heterocycles. The predicted molar refractivity (Wildman–Crippen MR) is 124 cm³/mol. The number of anilines is 1. The van der Waals surface area contributed by atoms with Crippen molar-refractivity contribution in [2.24, 2.45) is 11.3 Å². The number of carboxylic acids is 1. The lowest BCUT2D eigenvalue weighted by molar-refractivity contribution is -0.153. The number of carboxylic acid groups (broad SMARTS) is 1. The Balaban J connectivity index is 1.49. The topological polar surface area (TPSA) is 126 Å². The van der Waals surface area contributed by atoms with E-state index in [0.29, 0.717) is 6.61 Å². The minimum atomic E-state index is -1.22.